The Kier molecular flexibility index (Phi) is 6.28. The molecule has 0 aliphatic heterocycles. The first kappa shape index (κ1) is 16.0. The van der Waals surface area contributed by atoms with Gasteiger partial charge >= 0.3 is 0 Å². The molecule has 0 radical (unpaired) electrons. The maximum Gasteiger partial charge on any atom is 0.224 e. The second-order valence-electron chi connectivity index (χ2n) is 5.87. The van der Waals surface area contributed by atoms with Crippen molar-refractivity contribution < 1.29 is 9.59 Å². The van der Waals surface area contributed by atoms with Crippen LogP contribution in [0.1, 0.15) is 46.5 Å². The average molecular weight is 269 g/mol. The number of carbonyl (C=O) groups is 2. The highest BCUT2D eigenvalue weighted by Crippen LogP contribution is 2.24. The molecule has 1 rings (SSSR count). The van der Waals surface area contributed by atoms with E-state index >= 15 is 0 Å². The van der Waals surface area contributed by atoms with Gasteiger partial charge in [0.15, 0.2) is 0 Å². The molecule has 19 heavy (non-hydrogen) atoms. The number of amides is 2. The monoisotopic (exact) mass is 269 g/mol. The zero-order valence-corrected chi connectivity index (χ0v) is 12.2. The van der Waals surface area contributed by atoms with E-state index < -0.39 is 0 Å². The maximum absolute atomic E-state index is 12.0. The molecule has 0 heterocycles. The normalized spacial score (nSPS) is 24.9. The topological polar surface area (TPSA) is 84.2 Å². The zero-order valence-electron chi connectivity index (χ0n) is 12.2. The van der Waals surface area contributed by atoms with E-state index in [1.807, 2.05) is 20.8 Å². The zero-order chi connectivity index (χ0) is 14.4. The van der Waals surface area contributed by atoms with E-state index in [0.717, 1.165) is 25.7 Å². The molecule has 0 bridgehead atoms. The Morgan fingerprint density at radius 2 is 1.95 bits per heavy atom. The van der Waals surface area contributed by atoms with Crippen LogP contribution in [0.5, 0.6) is 0 Å². The predicted molar refractivity (Wildman–Crippen MR) is 75.4 cm³/mol. The lowest BCUT2D eigenvalue weighted by Gasteiger charge is -2.30. The molecule has 3 atom stereocenters. The number of nitrogens with one attached hydrogen (secondary N) is 2. The van der Waals surface area contributed by atoms with Gasteiger partial charge in [0.1, 0.15) is 0 Å². The number of carbonyl (C=O) groups excluding carboxylic acids is 2. The van der Waals surface area contributed by atoms with Gasteiger partial charge in [0.2, 0.25) is 11.8 Å². The summed E-state index contributed by atoms with van der Waals surface area (Å²) in [7, 11) is 0. The van der Waals surface area contributed by atoms with Gasteiger partial charge < -0.3 is 16.4 Å². The maximum atomic E-state index is 12.0. The lowest BCUT2D eigenvalue weighted by Crippen LogP contribution is -2.45. The molecule has 5 nitrogen and oxygen atoms in total. The second-order valence-corrected chi connectivity index (χ2v) is 5.87. The molecule has 1 fully saturated rings. The second kappa shape index (κ2) is 7.48. The van der Waals surface area contributed by atoms with Gasteiger partial charge in [-0.05, 0) is 33.1 Å². The van der Waals surface area contributed by atoms with Crippen LogP contribution in [0.4, 0.5) is 0 Å². The van der Waals surface area contributed by atoms with Crippen LogP contribution in [0.15, 0.2) is 0 Å². The average Bonchev–Trinajstić information content (AvgIpc) is 2.37. The minimum Gasteiger partial charge on any atom is -0.354 e. The van der Waals surface area contributed by atoms with Gasteiger partial charge in [-0.3, -0.25) is 9.59 Å². The number of hydrogen-bond donors (Lipinski definition) is 3. The summed E-state index contributed by atoms with van der Waals surface area (Å²) in [5, 5.41) is 5.96. The van der Waals surface area contributed by atoms with Gasteiger partial charge in [0, 0.05) is 30.5 Å². The van der Waals surface area contributed by atoms with Gasteiger partial charge in [0.25, 0.3) is 0 Å². The van der Waals surface area contributed by atoms with Crippen molar-refractivity contribution in [3.8, 4) is 0 Å². The van der Waals surface area contributed by atoms with Crippen LogP contribution in [0.25, 0.3) is 0 Å². The Labute approximate surface area is 115 Å². The van der Waals surface area contributed by atoms with Crippen molar-refractivity contribution in [1.29, 1.82) is 0 Å². The van der Waals surface area contributed by atoms with Crippen LogP contribution >= 0.6 is 0 Å². The standard InChI is InChI=1S/C14H27N3O2/c1-9(2)16-14(19)11-5-4-6-12(7-11)17-13(18)10(3)8-15/h9-12H,4-8,15H2,1-3H3,(H,16,19)(H,17,18). The van der Waals surface area contributed by atoms with E-state index in [4.69, 9.17) is 5.73 Å². The van der Waals surface area contributed by atoms with Crippen molar-refractivity contribution in [2.24, 2.45) is 17.6 Å². The first-order valence-electron chi connectivity index (χ1n) is 7.24. The molecule has 1 aliphatic rings. The Bertz CT molecular complexity index is 318. The molecule has 1 aliphatic carbocycles. The van der Waals surface area contributed by atoms with E-state index in [0.29, 0.717) is 6.54 Å². The number of hydrogen-bond acceptors (Lipinski definition) is 3. The molecular formula is C14H27N3O2. The predicted octanol–water partition coefficient (Wildman–Crippen LogP) is 0.781. The van der Waals surface area contributed by atoms with E-state index in [-0.39, 0.29) is 35.7 Å². The highest BCUT2D eigenvalue weighted by atomic mass is 16.2. The van der Waals surface area contributed by atoms with Crippen molar-refractivity contribution >= 4 is 11.8 Å². The highest BCUT2D eigenvalue weighted by molar-refractivity contribution is 5.80. The van der Waals surface area contributed by atoms with Crippen LogP contribution in [0.3, 0.4) is 0 Å². The number of nitrogens with two attached hydrogens (primary N) is 1. The van der Waals surface area contributed by atoms with Crippen molar-refractivity contribution in [3.05, 3.63) is 0 Å². The van der Waals surface area contributed by atoms with Crippen LogP contribution in [-0.4, -0.2) is 30.4 Å². The summed E-state index contributed by atoms with van der Waals surface area (Å²) < 4.78 is 0. The fourth-order valence-corrected chi connectivity index (χ4v) is 2.41. The molecule has 0 aromatic rings. The SMILES string of the molecule is CC(C)NC(=O)C1CCCC(NC(=O)C(C)CN)C1. The largest absolute Gasteiger partial charge is 0.354 e. The van der Waals surface area contributed by atoms with E-state index in [1.165, 1.54) is 0 Å². The van der Waals surface area contributed by atoms with Crippen molar-refractivity contribution in [2.45, 2.75) is 58.5 Å². The first-order chi connectivity index (χ1) is 8.93. The van der Waals surface area contributed by atoms with Gasteiger partial charge in [-0.2, -0.15) is 0 Å². The first-order valence-corrected chi connectivity index (χ1v) is 7.24. The molecule has 110 valence electrons. The van der Waals surface area contributed by atoms with Gasteiger partial charge in [-0.15, -0.1) is 0 Å². The van der Waals surface area contributed by atoms with E-state index in [1.54, 1.807) is 0 Å². The lowest BCUT2D eigenvalue weighted by molar-refractivity contribution is -0.129. The fraction of sp³-hybridized carbons (Fsp3) is 0.857. The third kappa shape index (κ3) is 5.19. The molecule has 0 aromatic heterocycles. The molecule has 0 saturated heterocycles. The highest BCUT2D eigenvalue weighted by Gasteiger charge is 2.28. The van der Waals surface area contributed by atoms with Crippen LogP contribution in [0.2, 0.25) is 0 Å². The Balaban J connectivity index is 2.46. The van der Waals surface area contributed by atoms with E-state index in [9.17, 15) is 9.59 Å². The fourth-order valence-electron chi connectivity index (χ4n) is 2.41. The van der Waals surface area contributed by atoms with Crippen LogP contribution < -0.4 is 16.4 Å². The Hall–Kier alpha value is -1.10. The molecule has 4 N–H and O–H groups in total. The molecular weight excluding hydrogens is 242 g/mol. The molecule has 2 amide bonds. The molecule has 5 heteroatoms. The summed E-state index contributed by atoms with van der Waals surface area (Å²) in [5.74, 6) is -0.0299. The third-order valence-corrected chi connectivity index (χ3v) is 3.62. The Morgan fingerprint density at radius 1 is 1.26 bits per heavy atom. The molecule has 1 saturated carbocycles. The minimum absolute atomic E-state index is 0.00239. The summed E-state index contributed by atoms with van der Waals surface area (Å²) in [6.45, 7) is 6.10. The van der Waals surface area contributed by atoms with Gasteiger partial charge in [-0.25, -0.2) is 0 Å². The summed E-state index contributed by atoms with van der Waals surface area (Å²) >= 11 is 0. The summed E-state index contributed by atoms with van der Waals surface area (Å²) in [6.07, 6.45) is 3.59. The molecule has 0 spiro atoms. The molecule has 3 unspecified atom stereocenters. The summed E-state index contributed by atoms with van der Waals surface area (Å²) in [6, 6.07) is 0.276. The quantitative estimate of drug-likeness (QED) is 0.689. The lowest BCUT2D eigenvalue weighted by atomic mass is 9.84. The summed E-state index contributed by atoms with van der Waals surface area (Å²) in [5.41, 5.74) is 5.48. The number of rotatable bonds is 5. The minimum atomic E-state index is -0.162. The van der Waals surface area contributed by atoms with Crippen molar-refractivity contribution in [2.75, 3.05) is 6.54 Å². The van der Waals surface area contributed by atoms with Crippen molar-refractivity contribution in [3.63, 3.8) is 0 Å². The third-order valence-electron chi connectivity index (χ3n) is 3.62. The smallest absolute Gasteiger partial charge is 0.224 e. The van der Waals surface area contributed by atoms with Crippen molar-refractivity contribution in [1.82, 2.24) is 10.6 Å². The Morgan fingerprint density at radius 3 is 2.53 bits per heavy atom. The van der Waals surface area contributed by atoms with Crippen LogP contribution in [0, 0.1) is 11.8 Å². The van der Waals surface area contributed by atoms with Gasteiger partial charge in [-0.1, -0.05) is 13.3 Å². The van der Waals surface area contributed by atoms with E-state index in [2.05, 4.69) is 10.6 Å². The van der Waals surface area contributed by atoms with Gasteiger partial charge in [0.05, 0.1) is 0 Å². The molecule has 0 aromatic carbocycles. The summed E-state index contributed by atoms with van der Waals surface area (Å²) in [4.78, 5) is 23.8. The van der Waals surface area contributed by atoms with Crippen LogP contribution in [-0.2, 0) is 9.59 Å².